The smallest absolute Gasteiger partial charge is 0.269 e. The van der Waals surface area contributed by atoms with E-state index in [4.69, 9.17) is 11.5 Å². The summed E-state index contributed by atoms with van der Waals surface area (Å²) in [5.74, 6) is -0.377. The lowest BCUT2D eigenvalue weighted by Crippen LogP contribution is -2.43. The quantitative estimate of drug-likeness (QED) is 0.172. The van der Waals surface area contributed by atoms with Crippen molar-refractivity contribution < 1.29 is 19.8 Å². The summed E-state index contributed by atoms with van der Waals surface area (Å²) in [6, 6.07) is 11.5. The van der Waals surface area contributed by atoms with Crippen LogP contribution in [-0.4, -0.2) is 57.2 Å². The van der Waals surface area contributed by atoms with Crippen molar-refractivity contribution >= 4 is 11.8 Å². The summed E-state index contributed by atoms with van der Waals surface area (Å²) in [6.45, 7) is 2.24. The molecule has 0 fully saturated rings. The average molecular weight is 523 g/mol. The van der Waals surface area contributed by atoms with E-state index in [0.29, 0.717) is 36.3 Å². The van der Waals surface area contributed by atoms with Gasteiger partial charge in [0.05, 0.1) is 17.8 Å². The number of nitrogens with two attached hydrogens (primary N) is 2. The van der Waals surface area contributed by atoms with Crippen LogP contribution in [0.3, 0.4) is 0 Å². The van der Waals surface area contributed by atoms with Gasteiger partial charge in [0.25, 0.3) is 5.56 Å². The number of carbonyl (C=O) groups is 2. The normalized spacial score (nSPS) is 12.5. The van der Waals surface area contributed by atoms with Crippen LogP contribution in [0.4, 0.5) is 0 Å². The van der Waals surface area contributed by atoms with Crippen molar-refractivity contribution in [3.8, 4) is 11.5 Å². The molecule has 1 aromatic heterocycles. The topological polar surface area (TPSA) is 196 Å². The zero-order valence-corrected chi connectivity index (χ0v) is 21.2. The van der Waals surface area contributed by atoms with E-state index >= 15 is 0 Å². The third-order valence-electron chi connectivity index (χ3n) is 6.06. The highest BCUT2D eigenvalue weighted by Crippen LogP contribution is 2.12. The number of phenols is 2. The molecular weight excluding hydrogens is 488 g/mol. The number of nitrogens with zero attached hydrogens (tertiary/aromatic N) is 1. The summed E-state index contributed by atoms with van der Waals surface area (Å²) in [4.78, 5) is 44.3. The molecule has 0 aliphatic heterocycles. The molecule has 2 atom stereocenters. The monoisotopic (exact) mass is 522 g/mol. The van der Waals surface area contributed by atoms with Crippen LogP contribution in [0.1, 0.15) is 28.2 Å². The van der Waals surface area contributed by atoms with Gasteiger partial charge in [0, 0.05) is 31.6 Å². The molecule has 0 saturated carbocycles. The number of phenolic OH excluding ortho intramolecular Hbond substituents is 2. The van der Waals surface area contributed by atoms with Gasteiger partial charge in [-0.2, -0.15) is 0 Å². The molecule has 0 bridgehead atoms. The molecule has 9 N–H and O–H groups in total. The molecule has 0 aliphatic carbocycles. The van der Waals surface area contributed by atoms with Gasteiger partial charge in [-0.1, -0.05) is 24.3 Å². The molecule has 38 heavy (non-hydrogen) atoms. The number of aromatic hydroxyl groups is 2. The number of aromatic nitrogens is 2. The van der Waals surface area contributed by atoms with Crippen molar-refractivity contribution in [3.63, 3.8) is 0 Å². The third-order valence-corrected chi connectivity index (χ3v) is 6.06. The van der Waals surface area contributed by atoms with E-state index in [1.807, 2.05) is 0 Å². The third kappa shape index (κ3) is 8.43. The average Bonchev–Trinajstić information content (AvgIpc) is 2.89. The van der Waals surface area contributed by atoms with Crippen molar-refractivity contribution in [1.82, 2.24) is 20.6 Å². The first kappa shape index (κ1) is 28.4. The van der Waals surface area contributed by atoms with Crippen LogP contribution in [-0.2, 0) is 35.3 Å². The predicted molar refractivity (Wildman–Crippen MR) is 143 cm³/mol. The molecule has 11 nitrogen and oxygen atoms in total. The zero-order valence-electron chi connectivity index (χ0n) is 21.2. The van der Waals surface area contributed by atoms with Crippen molar-refractivity contribution in [1.29, 1.82) is 0 Å². The SMILES string of the molecule is Cc1nc(CCNC(=O)C(N)Cc2ccc(O)cc2)c(=O)[nH]c1CCNC(=O)C(N)Cc1ccc(O)cc1. The Hall–Kier alpha value is -4.22. The molecule has 0 saturated heterocycles. The summed E-state index contributed by atoms with van der Waals surface area (Å²) in [5.41, 5.74) is 14.8. The minimum atomic E-state index is -0.765. The number of H-pyrrole nitrogens is 1. The lowest BCUT2D eigenvalue weighted by atomic mass is 10.1. The molecule has 2 unspecified atom stereocenters. The van der Waals surface area contributed by atoms with E-state index in [9.17, 15) is 24.6 Å². The van der Waals surface area contributed by atoms with Crippen molar-refractivity contribution in [2.24, 2.45) is 11.5 Å². The summed E-state index contributed by atoms with van der Waals surface area (Å²) in [6.07, 6.45) is 1.25. The van der Waals surface area contributed by atoms with Crippen LogP contribution in [0.5, 0.6) is 11.5 Å². The van der Waals surface area contributed by atoms with Gasteiger partial charge in [-0.25, -0.2) is 0 Å². The van der Waals surface area contributed by atoms with Gasteiger partial charge in [-0.15, -0.1) is 0 Å². The Kier molecular flexibility index (Phi) is 9.97. The molecule has 2 amide bonds. The van der Waals surface area contributed by atoms with Crippen molar-refractivity contribution in [3.05, 3.63) is 87.1 Å². The van der Waals surface area contributed by atoms with E-state index < -0.39 is 12.1 Å². The second kappa shape index (κ2) is 13.4. The molecule has 3 rings (SSSR count). The molecule has 0 radical (unpaired) electrons. The Morgan fingerprint density at radius 2 is 1.29 bits per heavy atom. The highest BCUT2D eigenvalue weighted by atomic mass is 16.3. The Morgan fingerprint density at radius 1 is 0.842 bits per heavy atom. The maximum absolute atomic E-state index is 12.5. The second-order valence-electron chi connectivity index (χ2n) is 9.11. The number of aryl methyl sites for hydroxylation is 1. The first-order valence-electron chi connectivity index (χ1n) is 12.3. The number of amides is 2. The molecule has 0 aliphatic rings. The highest BCUT2D eigenvalue weighted by Gasteiger charge is 2.16. The predicted octanol–water partition coefficient (Wildman–Crippen LogP) is -0.0531. The first-order chi connectivity index (χ1) is 18.1. The molecule has 3 aromatic rings. The largest absolute Gasteiger partial charge is 0.508 e. The molecule has 202 valence electrons. The van der Waals surface area contributed by atoms with Gasteiger partial charge in [0.2, 0.25) is 11.8 Å². The minimum absolute atomic E-state index is 0.140. The zero-order chi connectivity index (χ0) is 27.7. The molecule has 1 heterocycles. The fourth-order valence-electron chi connectivity index (χ4n) is 3.87. The molecule has 0 spiro atoms. The first-order valence-corrected chi connectivity index (χ1v) is 12.3. The van der Waals surface area contributed by atoms with Crippen molar-refractivity contribution in [2.75, 3.05) is 13.1 Å². The number of rotatable bonds is 12. The van der Waals surface area contributed by atoms with E-state index in [1.54, 1.807) is 31.2 Å². The maximum atomic E-state index is 12.5. The summed E-state index contributed by atoms with van der Waals surface area (Å²) in [7, 11) is 0. The van der Waals surface area contributed by atoms with E-state index in [0.717, 1.165) is 11.1 Å². The summed E-state index contributed by atoms with van der Waals surface area (Å²) < 4.78 is 0. The lowest BCUT2D eigenvalue weighted by Gasteiger charge is -2.14. The van der Waals surface area contributed by atoms with E-state index in [2.05, 4.69) is 20.6 Å². The van der Waals surface area contributed by atoms with Crippen LogP contribution in [0, 0.1) is 6.92 Å². The fraction of sp³-hybridized carbons (Fsp3) is 0.333. The number of benzene rings is 2. The highest BCUT2D eigenvalue weighted by molar-refractivity contribution is 5.82. The van der Waals surface area contributed by atoms with Crippen LogP contribution < -0.4 is 27.7 Å². The summed E-state index contributed by atoms with van der Waals surface area (Å²) >= 11 is 0. The number of aromatic amines is 1. The van der Waals surface area contributed by atoms with E-state index in [1.165, 1.54) is 24.3 Å². The number of hydrogen-bond donors (Lipinski definition) is 7. The Bertz CT molecular complexity index is 1290. The van der Waals surface area contributed by atoms with E-state index in [-0.39, 0.29) is 48.4 Å². The van der Waals surface area contributed by atoms with Gasteiger partial charge in [0.1, 0.15) is 17.2 Å². The second-order valence-corrected chi connectivity index (χ2v) is 9.11. The number of carbonyl (C=O) groups excluding carboxylic acids is 2. The van der Waals surface area contributed by atoms with Crippen LogP contribution >= 0.6 is 0 Å². The summed E-state index contributed by atoms with van der Waals surface area (Å²) in [5, 5.41) is 24.2. The van der Waals surface area contributed by atoms with Gasteiger partial charge >= 0.3 is 0 Å². The van der Waals surface area contributed by atoms with Crippen LogP contribution in [0.15, 0.2) is 53.3 Å². The molecule has 11 heteroatoms. The molecular formula is C27H34N6O5. The maximum Gasteiger partial charge on any atom is 0.269 e. The lowest BCUT2D eigenvalue weighted by molar-refractivity contribution is -0.123. The number of hydrogen-bond acceptors (Lipinski definition) is 8. The van der Waals surface area contributed by atoms with Crippen molar-refractivity contribution in [2.45, 2.75) is 44.7 Å². The van der Waals surface area contributed by atoms with Gasteiger partial charge in [0.15, 0.2) is 0 Å². The Balaban J connectivity index is 1.43. The van der Waals surface area contributed by atoms with Gasteiger partial charge < -0.3 is 37.3 Å². The fourth-order valence-corrected chi connectivity index (χ4v) is 3.87. The number of nitrogens with one attached hydrogen (secondary N) is 3. The van der Waals surface area contributed by atoms with Crippen LogP contribution in [0.2, 0.25) is 0 Å². The Labute approximate surface area is 220 Å². The Morgan fingerprint density at radius 3 is 1.76 bits per heavy atom. The van der Waals surface area contributed by atoms with Crippen LogP contribution in [0.25, 0.3) is 0 Å². The minimum Gasteiger partial charge on any atom is -0.508 e. The van der Waals surface area contributed by atoms with Gasteiger partial charge in [-0.05, 0) is 55.2 Å². The van der Waals surface area contributed by atoms with Gasteiger partial charge in [-0.3, -0.25) is 19.4 Å². The molecule has 2 aromatic carbocycles. The standard InChI is InChI=1S/C27H34N6O5/c1-16-23(10-12-30-25(36)21(28)14-17-2-6-19(34)7-3-17)33-27(38)24(32-16)11-13-31-26(37)22(29)15-18-4-8-20(35)9-5-18/h2-9,21-22,34-35H,10-15,28-29H2,1H3,(H,30,36)(H,31,37)(H,33,38).